The van der Waals surface area contributed by atoms with Crippen LogP contribution in [-0.4, -0.2) is 29.3 Å². The zero-order chi connectivity index (χ0) is 10.9. The number of amides is 1. The molecule has 4 heteroatoms. The molecule has 0 aliphatic carbocycles. The highest BCUT2D eigenvalue weighted by Gasteiger charge is 2.36. The number of carbonyl (C=O) groups is 1. The molecule has 1 amide bonds. The van der Waals surface area contributed by atoms with Gasteiger partial charge in [-0.25, -0.2) is 0 Å². The van der Waals surface area contributed by atoms with Gasteiger partial charge in [-0.3, -0.25) is 10.1 Å². The van der Waals surface area contributed by atoms with Crippen molar-refractivity contribution in [3.05, 3.63) is 0 Å². The van der Waals surface area contributed by atoms with Gasteiger partial charge >= 0.3 is 0 Å². The van der Waals surface area contributed by atoms with Crippen molar-refractivity contribution >= 4 is 5.91 Å². The molecule has 0 radical (unpaired) electrons. The summed E-state index contributed by atoms with van der Waals surface area (Å²) in [6, 6.07) is -0.461. The quantitative estimate of drug-likeness (QED) is 0.591. The van der Waals surface area contributed by atoms with Gasteiger partial charge < -0.3 is 10.4 Å². The van der Waals surface area contributed by atoms with Crippen molar-refractivity contribution < 1.29 is 9.90 Å². The van der Waals surface area contributed by atoms with Crippen LogP contribution in [0.5, 0.6) is 0 Å². The molecule has 3 atom stereocenters. The Labute approximate surface area is 85.1 Å². The third-order valence-electron chi connectivity index (χ3n) is 2.67. The van der Waals surface area contributed by atoms with Crippen LogP contribution in [0.3, 0.4) is 0 Å². The lowest BCUT2D eigenvalue weighted by molar-refractivity contribution is -0.132. The maximum absolute atomic E-state index is 11.6. The smallest absolute Gasteiger partial charge is 0.237 e. The van der Waals surface area contributed by atoms with E-state index in [2.05, 4.69) is 10.6 Å². The highest BCUT2D eigenvalue weighted by atomic mass is 16.3. The van der Waals surface area contributed by atoms with Crippen LogP contribution in [0.2, 0.25) is 0 Å². The maximum Gasteiger partial charge on any atom is 0.237 e. The first-order chi connectivity index (χ1) is 6.43. The average Bonchev–Trinajstić information content (AvgIpc) is 2.07. The first-order valence-electron chi connectivity index (χ1n) is 5.18. The summed E-state index contributed by atoms with van der Waals surface area (Å²) in [5.74, 6) is 0.413. The number of aliphatic hydroxyl groups excluding tert-OH is 1. The molecule has 1 unspecified atom stereocenters. The number of hydrogen-bond donors (Lipinski definition) is 3. The number of carbonyl (C=O) groups excluding carboxylic acids is 1. The molecule has 1 fully saturated rings. The van der Waals surface area contributed by atoms with E-state index >= 15 is 0 Å². The van der Waals surface area contributed by atoms with Crippen LogP contribution in [0.1, 0.15) is 27.7 Å². The summed E-state index contributed by atoms with van der Waals surface area (Å²) in [5, 5.41) is 15.5. The van der Waals surface area contributed by atoms with E-state index in [9.17, 15) is 9.90 Å². The van der Waals surface area contributed by atoms with Crippen molar-refractivity contribution in [3.8, 4) is 0 Å². The number of nitrogens with one attached hydrogen (secondary N) is 2. The Bertz CT molecular complexity index is 216. The van der Waals surface area contributed by atoms with Crippen LogP contribution in [0.25, 0.3) is 0 Å². The lowest BCUT2D eigenvalue weighted by atomic mass is 9.94. The Hall–Kier alpha value is -0.610. The van der Waals surface area contributed by atoms with Crippen LogP contribution in [0.15, 0.2) is 0 Å². The molecule has 14 heavy (non-hydrogen) atoms. The summed E-state index contributed by atoms with van der Waals surface area (Å²) in [7, 11) is 0. The van der Waals surface area contributed by atoms with E-state index in [1.54, 1.807) is 0 Å². The van der Waals surface area contributed by atoms with E-state index in [1.807, 2.05) is 27.7 Å². The van der Waals surface area contributed by atoms with Crippen LogP contribution < -0.4 is 10.6 Å². The van der Waals surface area contributed by atoms with E-state index in [0.29, 0.717) is 0 Å². The van der Waals surface area contributed by atoms with Gasteiger partial charge in [0.2, 0.25) is 5.91 Å². The Balaban J connectivity index is 2.67. The molecule has 1 aliphatic rings. The Morgan fingerprint density at radius 2 is 1.79 bits per heavy atom. The van der Waals surface area contributed by atoms with Gasteiger partial charge in [0.1, 0.15) is 6.23 Å². The van der Waals surface area contributed by atoms with E-state index in [0.717, 1.165) is 0 Å². The molecule has 4 nitrogen and oxygen atoms in total. The zero-order valence-electron chi connectivity index (χ0n) is 9.24. The summed E-state index contributed by atoms with van der Waals surface area (Å²) in [5.41, 5.74) is 0. The summed E-state index contributed by atoms with van der Waals surface area (Å²) >= 11 is 0. The molecule has 1 heterocycles. The van der Waals surface area contributed by atoms with Gasteiger partial charge in [0.05, 0.1) is 12.1 Å². The molecule has 82 valence electrons. The highest BCUT2D eigenvalue weighted by Crippen LogP contribution is 2.14. The molecule has 0 bridgehead atoms. The second kappa shape index (κ2) is 4.28. The molecule has 3 N–H and O–H groups in total. The second-order valence-electron chi connectivity index (χ2n) is 4.61. The number of hydrogen-bond acceptors (Lipinski definition) is 3. The summed E-state index contributed by atoms with van der Waals surface area (Å²) in [4.78, 5) is 11.6. The van der Waals surface area contributed by atoms with E-state index in [-0.39, 0.29) is 29.8 Å². The van der Waals surface area contributed by atoms with E-state index in [4.69, 9.17) is 0 Å². The average molecular weight is 200 g/mol. The van der Waals surface area contributed by atoms with Gasteiger partial charge in [-0.2, -0.15) is 0 Å². The van der Waals surface area contributed by atoms with Crippen molar-refractivity contribution in [2.24, 2.45) is 11.8 Å². The van der Waals surface area contributed by atoms with Crippen molar-refractivity contribution in [2.75, 3.05) is 0 Å². The van der Waals surface area contributed by atoms with Gasteiger partial charge in [-0.05, 0) is 11.8 Å². The van der Waals surface area contributed by atoms with Gasteiger partial charge in [0.15, 0.2) is 0 Å². The first kappa shape index (κ1) is 11.5. The molecular formula is C10H20N2O2. The number of aliphatic hydroxyl groups is 1. The fourth-order valence-electron chi connectivity index (χ4n) is 1.72. The van der Waals surface area contributed by atoms with Crippen molar-refractivity contribution in [1.29, 1.82) is 0 Å². The van der Waals surface area contributed by atoms with Gasteiger partial charge in [0, 0.05) is 0 Å². The van der Waals surface area contributed by atoms with Crippen LogP contribution in [-0.2, 0) is 4.79 Å². The molecule has 0 aromatic heterocycles. The lowest BCUT2D eigenvalue weighted by Gasteiger charge is -2.38. The molecule has 1 saturated heterocycles. The van der Waals surface area contributed by atoms with Crippen LogP contribution in [0.4, 0.5) is 0 Å². The van der Waals surface area contributed by atoms with Crippen molar-refractivity contribution in [1.82, 2.24) is 10.6 Å². The Kier molecular flexibility index (Phi) is 3.50. The van der Waals surface area contributed by atoms with Crippen LogP contribution in [0, 0.1) is 11.8 Å². The molecule has 0 aromatic carbocycles. The normalized spacial score (nSPS) is 33.6. The third-order valence-corrected chi connectivity index (χ3v) is 2.67. The van der Waals surface area contributed by atoms with E-state index < -0.39 is 6.23 Å². The van der Waals surface area contributed by atoms with E-state index in [1.165, 1.54) is 0 Å². The predicted molar refractivity (Wildman–Crippen MR) is 54.5 cm³/mol. The molecular weight excluding hydrogens is 180 g/mol. The SMILES string of the molecule is CC(C)[C@@H]1NC(=O)[C@H](C(C)C)NC1O. The highest BCUT2D eigenvalue weighted by molar-refractivity contribution is 5.83. The largest absolute Gasteiger partial charge is 0.376 e. The first-order valence-corrected chi connectivity index (χ1v) is 5.18. The maximum atomic E-state index is 11.6. The topological polar surface area (TPSA) is 61.4 Å². The van der Waals surface area contributed by atoms with Crippen molar-refractivity contribution in [3.63, 3.8) is 0 Å². The number of rotatable bonds is 2. The summed E-state index contributed by atoms with van der Waals surface area (Å²) in [6.07, 6.45) is -0.639. The Morgan fingerprint density at radius 3 is 2.21 bits per heavy atom. The van der Waals surface area contributed by atoms with Gasteiger partial charge in [-0.1, -0.05) is 27.7 Å². The minimum atomic E-state index is -0.639. The molecule has 1 aliphatic heterocycles. The minimum absolute atomic E-state index is 0.0102. The van der Waals surface area contributed by atoms with Gasteiger partial charge in [0.25, 0.3) is 0 Å². The number of piperazine rings is 1. The molecule has 0 saturated carbocycles. The zero-order valence-corrected chi connectivity index (χ0v) is 9.24. The fraction of sp³-hybridized carbons (Fsp3) is 0.900. The molecule has 0 aromatic rings. The predicted octanol–water partition coefficient (Wildman–Crippen LogP) is 0.0734. The monoisotopic (exact) mass is 200 g/mol. The fourth-order valence-corrected chi connectivity index (χ4v) is 1.72. The van der Waals surface area contributed by atoms with Crippen molar-refractivity contribution in [2.45, 2.75) is 46.0 Å². The molecule has 0 spiro atoms. The van der Waals surface area contributed by atoms with Crippen LogP contribution >= 0.6 is 0 Å². The lowest BCUT2D eigenvalue weighted by Crippen LogP contribution is -2.66. The standard InChI is InChI=1S/C10H20N2O2/c1-5(2)7-9(13)12-8(6(3)4)10(14)11-7/h5-9,12-13H,1-4H3,(H,11,14)/t7-,8-,9?/m0/s1. The summed E-state index contributed by atoms with van der Waals surface area (Å²) < 4.78 is 0. The third kappa shape index (κ3) is 2.25. The summed E-state index contributed by atoms with van der Waals surface area (Å²) in [6.45, 7) is 7.87. The Morgan fingerprint density at radius 1 is 1.21 bits per heavy atom. The molecule has 1 rings (SSSR count). The minimum Gasteiger partial charge on any atom is -0.376 e. The second-order valence-corrected chi connectivity index (χ2v) is 4.61. The van der Waals surface area contributed by atoms with Gasteiger partial charge in [-0.15, -0.1) is 0 Å².